The number of aryl methyl sites for hydroxylation is 1. The van der Waals surface area contributed by atoms with Crippen LogP contribution in [0.4, 0.5) is 0 Å². The van der Waals surface area contributed by atoms with Crippen molar-refractivity contribution in [3.05, 3.63) is 62.2 Å². The summed E-state index contributed by atoms with van der Waals surface area (Å²) in [4.78, 5) is 16.1. The topological polar surface area (TPSA) is 136 Å². The zero-order chi connectivity index (χ0) is 21.9. The average molecular weight is 490 g/mol. The first-order valence-corrected chi connectivity index (χ1v) is 11.9. The van der Waals surface area contributed by atoms with E-state index in [0.29, 0.717) is 21.9 Å². The Morgan fingerprint density at radius 2 is 2.07 bits per heavy atom. The number of thiophene rings is 1. The number of benzene rings is 1. The number of primary sulfonamides is 1. The number of hydroxylamine groups is 1. The van der Waals surface area contributed by atoms with Crippen molar-refractivity contribution in [3.63, 3.8) is 0 Å². The van der Waals surface area contributed by atoms with Crippen LogP contribution in [0.25, 0.3) is 11.3 Å². The molecule has 3 aromatic rings. The van der Waals surface area contributed by atoms with E-state index in [4.69, 9.17) is 38.0 Å². The summed E-state index contributed by atoms with van der Waals surface area (Å²) in [5.74, 6) is -0.128. The second-order valence-electron chi connectivity index (χ2n) is 6.32. The molecule has 4 N–H and O–H groups in total. The summed E-state index contributed by atoms with van der Waals surface area (Å²) >= 11 is 13.3. The maximum Gasteiger partial charge on any atom is 0.243 e. The predicted molar refractivity (Wildman–Crippen MR) is 114 cm³/mol. The van der Waals surface area contributed by atoms with Crippen LogP contribution in [-0.4, -0.2) is 24.5 Å². The van der Waals surface area contributed by atoms with Gasteiger partial charge in [0.15, 0.2) is 16.9 Å². The number of nitrogens with zero attached hydrogens (tertiary/aromatic N) is 1. The minimum atomic E-state index is -4.08. The highest BCUT2D eigenvalue weighted by atomic mass is 35.5. The lowest BCUT2D eigenvalue weighted by molar-refractivity contribution is -0.129. The van der Waals surface area contributed by atoms with E-state index < -0.39 is 21.2 Å². The van der Waals surface area contributed by atoms with Gasteiger partial charge in [-0.2, -0.15) is 0 Å². The van der Waals surface area contributed by atoms with Gasteiger partial charge in [0, 0.05) is 23.3 Å². The summed E-state index contributed by atoms with van der Waals surface area (Å²) in [6.45, 7) is 0. The number of sulfonamides is 1. The summed E-state index contributed by atoms with van der Waals surface area (Å²) in [5.41, 5.74) is 2.16. The lowest BCUT2D eigenvalue weighted by Gasteiger charge is -2.12. The summed E-state index contributed by atoms with van der Waals surface area (Å²) in [7, 11) is -4.08. The number of amides is 1. The fraction of sp³-hybridized carbons (Fsp3) is 0.222. The third-order valence-electron chi connectivity index (χ3n) is 4.18. The Balaban J connectivity index is 2.09. The van der Waals surface area contributed by atoms with Gasteiger partial charge >= 0.3 is 0 Å². The van der Waals surface area contributed by atoms with Crippen LogP contribution >= 0.6 is 34.5 Å². The predicted octanol–water partition coefficient (Wildman–Crippen LogP) is 3.92. The van der Waals surface area contributed by atoms with Crippen LogP contribution in [0.2, 0.25) is 10.0 Å². The Hall–Kier alpha value is -1.95. The largest absolute Gasteiger partial charge is 0.440 e. The molecule has 8 nitrogen and oxygen atoms in total. The van der Waals surface area contributed by atoms with Gasteiger partial charge < -0.3 is 4.42 Å². The second-order valence-corrected chi connectivity index (χ2v) is 9.77. The highest BCUT2D eigenvalue weighted by molar-refractivity contribution is 7.89. The lowest BCUT2D eigenvalue weighted by atomic mass is 10.1. The number of nitrogens with one attached hydrogen (secondary N) is 1. The molecule has 1 amide bonds. The lowest BCUT2D eigenvalue weighted by Crippen LogP contribution is -2.22. The van der Waals surface area contributed by atoms with Crippen LogP contribution < -0.4 is 10.6 Å². The summed E-state index contributed by atoms with van der Waals surface area (Å²) in [6.07, 6.45) is 0.607. The van der Waals surface area contributed by atoms with Crippen molar-refractivity contribution >= 4 is 50.5 Å². The number of carbonyl (C=O) groups excluding carboxylic acids is 1. The fourth-order valence-electron chi connectivity index (χ4n) is 2.86. The second kappa shape index (κ2) is 9.46. The molecule has 0 spiro atoms. The first-order valence-electron chi connectivity index (χ1n) is 8.63. The molecule has 0 aliphatic rings. The van der Waals surface area contributed by atoms with Gasteiger partial charge in [-0.15, -0.1) is 11.3 Å². The molecule has 160 valence electrons. The molecule has 1 aromatic carbocycles. The third-order valence-corrected chi connectivity index (χ3v) is 7.14. The van der Waals surface area contributed by atoms with Gasteiger partial charge in [0.2, 0.25) is 15.9 Å². The maximum absolute atomic E-state index is 12.5. The Bertz CT molecular complexity index is 1150. The van der Waals surface area contributed by atoms with Crippen molar-refractivity contribution in [2.45, 2.75) is 24.5 Å². The fourth-order valence-corrected chi connectivity index (χ4v) is 5.30. The van der Waals surface area contributed by atoms with Crippen LogP contribution in [0, 0.1) is 0 Å². The number of oxazole rings is 1. The Morgan fingerprint density at radius 1 is 1.30 bits per heavy atom. The quantitative estimate of drug-likeness (QED) is 0.324. The zero-order valence-corrected chi connectivity index (χ0v) is 18.5. The minimum Gasteiger partial charge on any atom is -0.440 e. The van der Waals surface area contributed by atoms with E-state index in [9.17, 15) is 13.2 Å². The van der Waals surface area contributed by atoms with E-state index in [-0.39, 0.29) is 35.2 Å². The van der Waals surface area contributed by atoms with Gasteiger partial charge in [-0.1, -0.05) is 29.3 Å². The molecule has 30 heavy (non-hydrogen) atoms. The number of carbonyl (C=O) groups is 1. The van der Waals surface area contributed by atoms with Crippen molar-refractivity contribution in [1.82, 2.24) is 10.5 Å². The van der Waals surface area contributed by atoms with Gasteiger partial charge in [0.05, 0.1) is 10.0 Å². The van der Waals surface area contributed by atoms with E-state index in [2.05, 4.69) is 4.98 Å². The number of nitrogens with two attached hydrogens (primary N) is 1. The first-order chi connectivity index (χ1) is 14.2. The third kappa shape index (κ3) is 5.20. The molecule has 0 bridgehead atoms. The SMILES string of the molecule is NS(=O)(=O)C(c1cccs1)c1nc(CCCC(=O)NO)oc1-c1ccc(Cl)c(Cl)c1. The highest BCUT2D eigenvalue weighted by Crippen LogP contribution is 2.39. The number of rotatable bonds is 8. The van der Waals surface area contributed by atoms with Crippen molar-refractivity contribution in [2.75, 3.05) is 0 Å². The molecule has 2 aromatic heterocycles. The van der Waals surface area contributed by atoms with E-state index in [0.717, 1.165) is 0 Å². The molecule has 0 aliphatic carbocycles. The summed E-state index contributed by atoms with van der Waals surface area (Å²) in [5, 5.41) is 15.2. The van der Waals surface area contributed by atoms with E-state index >= 15 is 0 Å². The summed E-state index contributed by atoms with van der Waals surface area (Å²) in [6, 6.07) is 8.11. The molecule has 3 rings (SSSR count). The molecule has 1 atom stereocenters. The smallest absolute Gasteiger partial charge is 0.243 e. The molecule has 0 radical (unpaired) electrons. The van der Waals surface area contributed by atoms with Crippen LogP contribution in [0.1, 0.15) is 34.6 Å². The standard InChI is InChI=1S/C18H17Cl2N3O5S2/c19-11-7-6-10(9-12(11)20)17-16(18(30(21,26)27)13-3-2-8-29-13)22-15(28-17)5-1-4-14(24)23-25/h2-3,6-9,18,25H,1,4-5H2,(H,23,24)(H2,21,26,27). The molecule has 0 saturated carbocycles. The van der Waals surface area contributed by atoms with E-state index in [1.54, 1.807) is 41.2 Å². The summed E-state index contributed by atoms with van der Waals surface area (Å²) < 4.78 is 30.8. The van der Waals surface area contributed by atoms with Crippen LogP contribution in [0.5, 0.6) is 0 Å². The molecule has 0 aliphatic heterocycles. The molecule has 12 heteroatoms. The van der Waals surface area contributed by atoms with Crippen LogP contribution in [0.3, 0.4) is 0 Å². The van der Waals surface area contributed by atoms with Gasteiger partial charge in [-0.25, -0.2) is 24.0 Å². The molecule has 0 saturated heterocycles. The minimum absolute atomic E-state index is 0.0415. The molecular formula is C18H17Cl2N3O5S2. The first kappa shape index (κ1) is 22.7. The Labute approximate surface area is 186 Å². The maximum atomic E-state index is 12.5. The number of hydrogen-bond donors (Lipinski definition) is 3. The Kier molecular flexibility index (Phi) is 7.17. The van der Waals surface area contributed by atoms with Crippen LogP contribution in [-0.2, 0) is 21.2 Å². The number of halogens is 2. The van der Waals surface area contributed by atoms with Crippen molar-refractivity contribution in [1.29, 1.82) is 0 Å². The number of hydrogen-bond acceptors (Lipinski definition) is 7. The Morgan fingerprint density at radius 3 is 2.67 bits per heavy atom. The molecular weight excluding hydrogens is 473 g/mol. The zero-order valence-electron chi connectivity index (χ0n) is 15.3. The monoisotopic (exact) mass is 489 g/mol. The van der Waals surface area contributed by atoms with Gasteiger partial charge in [0.25, 0.3) is 0 Å². The van der Waals surface area contributed by atoms with Crippen LogP contribution in [0.15, 0.2) is 40.1 Å². The van der Waals surface area contributed by atoms with Gasteiger partial charge in [-0.05, 0) is 36.1 Å². The van der Waals surface area contributed by atoms with E-state index in [1.165, 1.54) is 11.3 Å². The molecule has 0 fully saturated rings. The van der Waals surface area contributed by atoms with Crippen molar-refractivity contribution in [2.24, 2.45) is 5.14 Å². The van der Waals surface area contributed by atoms with Crippen molar-refractivity contribution in [3.8, 4) is 11.3 Å². The number of aromatic nitrogens is 1. The highest BCUT2D eigenvalue weighted by Gasteiger charge is 2.34. The normalized spacial score (nSPS) is 12.7. The van der Waals surface area contributed by atoms with Crippen molar-refractivity contribution < 1.29 is 22.8 Å². The van der Waals surface area contributed by atoms with Gasteiger partial charge in [0.1, 0.15) is 5.69 Å². The average Bonchev–Trinajstić information content (AvgIpc) is 3.34. The van der Waals surface area contributed by atoms with E-state index in [1.807, 2.05) is 0 Å². The molecule has 2 heterocycles. The van der Waals surface area contributed by atoms with Gasteiger partial charge in [-0.3, -0.25) is 10.0 Å². The molecule has 1 unspecified atom stereocenters.